The summed E-state index contributed by atoms with van der Waals surface area (Å²) in [7, 11) is 1.52. The van der Waals surface area contributed by atoms with Gasteiger partial charge in [0.25, 0.3) is 0 Å². The molecule has 3 N–H and O–H groups in total. The fraction of sp³-hybridized carbons (Fsp3) is 0.364. The standard InChI is InChI=1S/C33H38BrN5O6/c1-44-30-20-23(8-13-28(30)36-33(43)35-27-6-3-2-5-26(27)34)19-29(40)24-9-11-25(12-10-24)45-31-7-4-14-39(31)22-38-17-15-37(16-18-38)21-32(41)42/h2-3,5-6,8-13,20,31H,4,7,14-19,21-22H2,1H3,(H,41,42)(H2,35,36,43). The number of ether oxygens (including phenoxy) is 2. The number of amides is 2. The van der Waals surface area contributed by atoms with Crippen molar-refractivity contribution >= 4 is 45.1 Å². The number of carbonyl (C=O) groups is 3. The molecule has 2 fully saturated rings. The summed E-state index contributed by atoms with van der Waals surface area (Å²) in [5.74, 6) is 0.342. The van der Waals surface area contributed by atoms with Gasteiger partial charge in [-0.2, -0.15) is 0 Å². The highest BCUT2D eigenvalue weighted by molar-refractivity contribution is 9.10. The first-order chi connectivity index (χ1) is 21.8. The largest absolute Gasteiger partial charge is 0.495 e. The van der Waals surface area contributed by atoms with Crippen LogP contribution in [-0.4, -0.2) is 96.9 Å². The van der Waals surface area contributed by atoms with Gasteiger partial charge in [0.2, 0.25) is 0 Å². The molecule has 0 spiro atoms. The van der Waals surface area contributed by atoms with E-state index in [2.05, 4.69) is 36.4 Å². The molecular weight excluding hydrogens is 642 g/mol. The predicted molar refractivity (Wildman–Crippen MR) is 175 cm³/mol. The average molecular weight is 681 g/mol. The number of para-hydroxylation sites is 1. The van der Waals surface area contributed by atoms with Crippen LogP contribution in [-0.2, 0) is 11.2 Å². The van der Waals surface area contributed by atoms with Gasteiger partial charge in [-0.05, 0) is 82.9 Å². The number of hydrogen-bond donors (Lipinski definition) is 3. The summed E-state index contributed by atoms with van der Waals surface area (Å²) in [4.78, 5) is 43.3. The van der Waals surface area contributed by atoms with Crippen molar-refractivity contribution in [2.45, 2.75) is 25.5 Å². The second kappa shape index (κ2) is 15.3. The Kier molecular flexibility index (Phi) is 11.1. The van der Waals surface area contributed by atoms with E-state index in [0.717, 1.165) is 62.3 Å². The van der Waals surface area contributed by atoms with E-state index in [1.54, 1.807) is 36.4 Å². The van der Waals surface area contributed by atoms with Crippen molar-refractivity contribution in [1.29, 1.82) is 0 Å². The maximum Gasteiger partial charge on any atom is 0.323 e. The molecule has 11 nitrogen and oxygen atoms in total. The number of carboxylic acid groups (broad SMARTS) is 1. The van der Waals surface area contributed by atoms with Crippen molar-refractivity contribution < 1.29 is 29.0 Å². The van der Waals surface area contributed by atoms with Gasteiger partial charge in [0, 0.05) is 49.2 Å². The summed E-state index contributed by atoms with van der Waals surface area (Å²) in [6, 6.07) is 19.4. The SMILES string of the molecule is COc1cc(CC(=O)c2ccc(OC3CCCN3CN3CCN(CC(=O)O)CC3)cc2)ccc1NC(=O)Nc1ccccc1Br. The lowest BCUT2D eigenvalue weighted by atomic mass is 10.0. The molecule has 0 bridgehead atoms. The van der Waals surface area contributed by atoms with E-state index < -0.39 is 12.0 Å². The number of halogens is 1. The number of nitrogens with zero attached hydrogens (tertiary/aromatic N) is 3. The van der Waals surface area contributed by atoms with E-state index in [4.69, 9.17) is 14.6 Å². The van der Waals surface area contributed by atoms with E-state index in [-0.39, 0.29) is 25.0 Å². The smallest absolute Gasteiger partial charge is 0.323 e. The number of benzene rings is 3. The summed E-state index contributed by atoms with van der Waals surface area (Å²) >= 11 is 3.42. The molecule has 1 unspecified atom stereocenters. The minimum absolute atomic E-state index is 0.0412. The molecule has 2 heterocycles. The number of methoxy groups -OCH3 is 1. The summed E-state index contributed by atoms with van der Waals surface area (Å²) in [6.45, 7) is 4.99. The number of anilines is 2. The summed E-state index contributed by atoms with van der Waals surface area (Å²) in [6.07, 6.45) is 2.11. The molecule has 0 saturated carbocycles. The Hall–Kier alpha value is -3.97. The monoisotopic (exact) mass is 679 g/mol. The van der Waals surface area contributed by atoms with Crippen LogP contribution >= 0.6 is 15.9 Å². The molecule has 2 saturated heterocycles. The van der Waals surface area contributed by atoms with Gasteiger partial charge in [0.15, 0.2) is 12.0 Å². The van der Waals surface area contributed by atoms with Crippen LogP contribution in [0.3, 0.4) is 0 Å². The molecule has 1 atom stereocenters. The van der Waals surface area contributed by atoms with Crippen molar-refractivity contribution in [2.24, 2.45) is 0 Å². The van der Waals surface area contributed by atoms with Crippen LogP contribution < -0.4 is 20.1 Å². The van der Waals surface area contributed by atoms with Crippen molar-refractivity contribution in [1.82, 2.24) is 14.7 Å². The number of carbonyl (C=O) groups excluding carboxylic acids is 2. The first kappa shape index (κ1) is 32.4. The minimum Gasteiger partial charge on any atom is -0.495 e. The molecule has 2 amide bonds. The molecule has 0 aliphatic carbocycles. The van der Waals surface area contributed by atoms with Crippen LogP contribution in [0.2, 0.25) is 0 Å². The Labute approximate surface area is 271 Å². The zero-order valence-corrected chi connectivity index (χ0v) is 26.8. The molecular formula is C33H38BrN5O6. The Morgan fingerprint density at radius 3 is 2.33 bits per heavy atom. The Bertz CT molecular complexity index is 1500. The third-order valence-corrected chi connectivity index (χ3v) is 8.65. The molecule has 3 aromatic carbocycles. The normalized spacial score (nSPS) is 17.5. The van der Waals surface area contributed by atoms with Crippen molar-refractivity contribution in [3.05, 3.63) is 82.3 Å². The number of nitrogens with one attached hydrogen (secondary N) is 2. The minimum atomic E-state index is -0.785. The number of ketones is 1. The predicted octanol–water partition coefficient (Wildman–Crippen LogP) is 4.99. The highest BCUT2D eigenvalue weighted by atomic mass is 79.9. The van der Waals surface area contributed by atoms with E-state index in [1.165, 1.54) is 7.11 Å². The van der Waals surface area contributed by atoms with Crippen LogP contribution in [0.5, 0.6) is 11.5 Å². The first-order valence-corrected chi connectivity index (χ1v) is 15.8. The summed E-state index contributed by atoms with van der Waals surface area (Å²) in [5.41, 5.74) is 2.47. The number of urea groups is 1. The van der Waals surface area contributed by atoms with Gasteiger partial charge in [-0.25, -0.2) is 4.79 Å². The number of hydrogen-bond acceptors (Lipinski definition) is 8. The van der Waals surface area contributed by atoms with E-state index in [0.29, 0.717) is 28.4 Å². The van der Waals surface area contributed by atoms with E-state index in [9.17, 15) is 14.4 Å². The fourth-order valence-corrected chi connectivity index (χ4v) is 5.96. The molecule has 0 radical (unpaired) electrons. The lowest BCUT2D eigenvalue weighted by Gasteiger charge is -2.37. The Morgan fingerprint density at radius 1 is 0.911 bits per heavy atom. The molecule has 238 valence electrons. The average Bonchev–Trinajstić information content (AvgIpc) is 3.46. The Balaban J connectivity index is 1.12. The topological polar surface area (TPSA) is 124 Å². The van der Waals surface area contributed by atoms with Crippen molar-refractivity contribution in [3.8, 4) is 11.5 Å². The van der Waals surface area contributed by atoms with Gasteiger partial charge in [-0.15, -0.1) is 0 Å². The van der Waals surface area contributed by atoms with Crippen molar-refractivity contribution in [2.75, 3.05) is 63.7 Å². The molecule has 0 aromatic heterocycles. The third kappa shape index (κ3) is 9.04. The van der Waals surface area contributed by atoms with Gasteiger partial charge in [0.1, 0.15) is 11.5 Å². The van der Waals surface area contributed by atoms with Gasteiger partial charge in [-0.3, -0.25) is 24.3 Å². The second-order valence-electron chi connectivity index (χ2n) is 11.2. The van der Waals surface area contributed by atoms with Crippen LogP contribution in [0.4, 0.5) is 16.2 Å². The van der Waals surface area contributed by atoms with E-state index in [1.807, 2.05) is 35.2 Å². The zero-order chi connectivity index (χ0) is 31.8. The van der Waals surface area contributed by atoms with Crippen LogP contribution in [0.15, 0.2) is 71.2 Å². The van der Waals surface area contributed by atoms with Crippen LogP contribution in [0.25, 0.3) is 0 Å². The molecule has 12 heteroatoms. The first-order valence-electron chi connectivity index (χ1n) is 15.0. The Morgan fingerprint density at radius 2 is 1.62 bits per heavy atom. The molecule has 5 rings (SSSR count). The van der Waals surface area contributed by atoms with E-state index >= 15 is 0 Å². The number of aliphatic carboxylic acids is 1. The lowest BCUT2D eigenvalue weighted by Crippen LogP contribution is -2.52. The second-order valence-corrected chi connectivity index (χ2v) is 12.0. The number of likely N-dealkylation sites (tertiary alicyclic amines) is 1. The molecule has 2 aliphatic rings. The molecule has 45 heavy (non-hydrogen) atoms. The maximum absolute atomic E-state index is 13.1. The van der Waals surface area contributed by atoms with Gasteiger partial charge < -0.3 is 25.2 Å². The summed E-state index contributed by atoms with van der Waals surface area (Å²) in [5, 5.41) is 14.6. The highest BCUT2D eigenvalue weighted by Crippen LogP contribution is 2.28. The highest BCUT2D eigenvalue weighted by Gasteiger charge is 2.29. The third-order valence-electron chi connectivity index (χ3n) is 7.96. The number of Topliss-reactive ketones (excluding diaryl/α,β-unsaturated/α-hetero) is 1. The summed E-state index contributed by atoms with van der Waals surface area (Å²) < 4.78 is 12.6. The molecule has 2 aliphatic heterocycles. The fourth-order valence-electron chi connectivity index (χ4n) is 5.58. The molecule has 3 aromatic rings. The number of rotatable bonds is 12. The van der Waals surface area contributed by atoms with Crippen molar-refractivity contribution in [3.63, 3.8) is 0 Å². The van der Waals surface area contributed by atoms with Gasteiger partial charge in [-0.1, -0.05) is 18.2 Å². The number of piperazine rings is 1. The quantitative estimate of drug-likeness (QED) is 0.227. The van der Waals surface area contributed by atoms with Crippen LogP contribution in [0, 0.1) is 0 Å². The lowest BCUT2D eigenvalue weighted by molar-refractivity contribution is -0.138. The van der Waals surface area contributed by atoms with Gasteiger partial charge in [0.05, 0.1) is 31.7 Å². The zero-order valence-electron chi connectivity index (χ0n) is 25.2. The maximum atomic E-state index is 13.1. The number of carboxylic acids is 1. The van der Waals surface area contributed by atoms with Crippen LogP contribution in [0.1, 0.15) is 28.8 Å². The van der Waals surface area contributed by atoms with Gasteiger partial charge >= 0.3 is 12.0 Å².